The van der Waals surface area contributed by atoms with Crippen molar-refractivity contribution in [3.05, 3.63) is 63.1 Å². The van der Waals surface area contributed by atoms with Crippen molar-refractivity contribution in [1.82, 2.24) is 0 Å². The predicted octanol–water partition coefficient (Wildman–Crippen LogP) is 5.23. The van der Waals surface area contributed by atoms with Gasteiger partial charge in [0.15, 0.2) is 5.78 Å². The number of benzene rings is 2. The molecule has 2 rings (SSSR count). The van der Waals surface area contributed by atoms with Crippen LogP contribution in [0.1, 0.15) is 15.9 Å². The summed E-state index contributed by atoms with van der Waals surface area (Å²) in [6, 6.07) is 13.0. The topological polar surface area (TPSA) is 26.3 Å². The average molecular weight is 386 g/mol. The molecule has 0 radical (unpaired) electrons. The minimum absolute atomic E-state index is 0.109. The van der Waals surface area contributed by atoms with Crippen molar-refractivity contribution < 1.29 is 9.53 Å². The van der Waals surface area contributed by atoms with E-state index in [0.29, 0.717) is 11.3 Å². The lowest BCUT2D eigenvalue weighted by molar-refractivity contribution is 0.102. The number of halogens is 2. The Balaban J connectivity index is 1.89. The third kappa shape index (κ3) is 4.77. The quantitative estimate of drug-likeness (QED) is 0.637. The summed E-state index contributed by atoms with van der Waals surface area (Å²) in [5.41, 5.74) is 1.85. The maximum atomic E-state index is 12.1. The molecule has 0 N–H and O–H groups in total. The Morgan fingerprint density at radius 1 is 1.24 bits per heavy atom. The van der Waals surface area contributed by atoms with Gasteiger partial charge in [0.1, 0.15) is 5.75 Å². The highest BCUT2D eigenvalue weighted by Gasteiger charge is 2.09. The van der Waals surface area contributed by atoms with E-state index in [-0.39, 0.29) is 5.78 Å². The Bertz CT molecular complexity index is 629. The van der Waals surface area contributed by atoms with Gasteiger partial charge >= 0.3 is 0 Å². The first-order chi connectivity index (χ1) is 10.1. The zero-order valence-electron chi connectivity index (χ0n) is 11.4. The fourth-order valence-corrected chi connectivity index (χ4v) is 3.31. The molecule has 0 amide bonds. The number of ketones is 1. The SMILES string of the molecule is COc1ccc(C(=O)CSCc2ccc(Cl)cc2)cc1Br. The standard InChI is InChI=1S/C16H14BrClO2S/c1-20-16-7-4-12(8-14(16)17)15(19)10-21-9-11-2-5-13(18)6-3-11/h2-8H,9-10H2,1H3. The van der Waals surface area contributed by atoms with Crippen molar-refractivity contribution in [2.45, 2.75) is 5.75 Å². The summed E-state index contributed by atoms with van der Waals surface area (Å²) < 4.78 is 5.94. The fourth-order valence-electron chi connectivity index (χ4n) is 1.77. The molecule has 0 saturated heterocycles. The highest BCUT2D eigenvalue weighted by Crippen LogP contribution is 2.26. The minimum Gasteiger partial charge on any atom is -0.496 e. The number of thioether (sulfide) groups is 1. The smallest absolute Gasteiger partial charge is 0.172 e. The van der Waals surface area contributed by atoms with E-state index in [2.05, 4.69) is 15.9 Å². The summed E-state index contributed by atoms with van der Waals surface area (Å²) in [6.07, 6.45) is 0. The van der Waals surface area contributed by atoms with Crippen LogP contribution in [-0.2, 0) is 5.75 Å². The van der Waals surface area contributed by atoms with Crippen LogP contribution in [0.3, 0.4) is 0 Å². The van der Waals surface area contributed by atoms with Crippen LogP contribution in [-0.4, -0.2) is 18.6 Å². The number of hydrogen-bond acceptors (Lipinski definition) is 3. The molecule has 0 bridgehead atoms. The van der Waals surface area contributed by atoms with Crippen LogP contribution in [0.25, 0.3) is 0 Å². The molecule has 2 aromatic carbocycles. The molecule has 0 aliphatic heterocycles. The van der Waals surface area contributed by atoms with Gasteiger partial charge in [0.2, 0.25) is 0 Å². The van der Waals surface area contributed by atoms with Crippen LogP contribution in [0.2, 0.25) is 5.02 Å². The summed E-state index contributed by atoms with van der Waals surface area (Å²) in [7, 11) is 1.60. The van der Waals surface area contributed by atoms with E-state index in [9.17, 15) is 4.79 Å². The molecule has 5 heteroatoms. The predicted molar refractivity (Wildman–Crippen MR) is 92.6 cm³/mol. The van der Waals surface area contributed by atoms with Gasteiger partial charge < -0.3 is 4.74 Å². The molecule has 0 spiro atoms. The molecule has 0 aliphatic carbocycles. The Hall–Kier alpha value is -0.970. The molecule has 110 valence electrons. The summed E-state index contributed by atoms with van der Waals surface area (Å²) in [4.78, 5) is 12.1. The Kier molecular flexibility index (Phi) is 6.15. The van der Waals surface area contributed by atoms with E-state index >= 15 is 0 Å². The van der Waals surface area contributed by atoms with E-state index < -0.39 is 0 Å². The summed E-state index contributed by atoms with van der Waals surface area (Å²) in [6.45, 7) is 0. The van der Waals surface area contributed by atoms with Gasteiger partial charge in [0, 0.05) is 16.3 Å². The van der Waals surface area contributed by atoms with Crippen LogP contribution in [0, 0.1) is 0 Å². The maximum absolute atomic E-state index is 12.1. The number of Topliss-reactive ketones (excluding diaryl/α,β-unsaturated/α-hetero) is 1. The largest absolute Gasteiger partial charge is 0.496 e. The van der Waals surface area contributed by atoms with E-state index in [0.717, 1.165) is 26.6 Å². The van der Waals surface area contributed by atoms with Crippen molar-refractivity contribution in [1.29, 1.82) is 0 Å². The maximum Gasteiger partial charge on any atom is 0.172 e. The zero-order valence-corrected chi connectivity index (χ0v) is 14.6. The number of ether oxygens (including phenoxy) is 1. The third-order valence-electron chi connectivity index (χ3n) is 2.89. The molecule has 0 saturated carbocycles. The van der Waals surface area contributed by atoms with E-state index in [1.165, 1.54) is 0 Å². The summed E-state index contributed by atoms with van der Waals surface area (Å²) in [5, 5.41) is 0.725. The second-order valence-electron chi connectivity index (χ2n) is 4.39. The van der Waals surface area contributed by atoms with Crippen molar-refractivity contribution in [3.63, 3.8) is 0 Å². The van der Waals surface area contributed by atoms with Gasteiger partial charge in [-0.05, 0) is 51.8 Å². The molecule has 0 aliphatic rings. The Morgan fingerprint density at radius 2 is 1.95 bits per heavy atom. The lowest BCUT2D eigenvalue weighted by Crippen LogP contribution is -2.03. The van der Waals surface area contributed by atoms with Gasteiger partial charge in [0.25, 0.3) is 0 Å². The number of carbonyl (C=O) groups excluding carboxylic acids is 1. The zero-order chi connectivity index (χ0) is 15.2. The van der Waals surface area contributed by atoms with Gasteiger partial charge in [-0.1, -0.05) is 23.7 Å². The van der Waals surface area contributed by atoms with E-state index in [4.69, 9.17) is 16.3 Å². The minimum atomic E-state index is 0.109. The Labute approximate surface area is 142 Å². The number of rotatable bonds is 6. The van der Waals surface area contributed by atoms with Gasteiger partial charge in [-0.15, -0.1) is 11.8 Å². The lowest BCUT2D eigenvalue weighted by Gasteiger charge is -2.06. The molecule has 0 atom stereocenters. The average Bonchev–Trinajstić information content (AvgIpc) is 2.49. The first-order valence-corrected chi connectivity index (χ1v) is 8.61. The van der Waals surface area contributed by atoms with Crippen LogP contribution < -0.4 is 4.74 Å². The van der Waals surface area contributed by atoms with Crippen LogP contribution in [0.5, 0.6) is 5.75 Å². The van der Waals surface area contributed by atoms with Gasteiger partial charge in [0.05, 0.1) is 17.3 Å². The lowest BCUT2D eigenvalue weighted by atomic mass is 10.1. The second kappa shape index (κ2) is 7.87. The Morgan fingerprint density at radius 3 is 2.57 bits per heavy atom. The first-order valence-electron chi connectivity index (χ1n) is 6.29. The molecule has 2 aromatic rings. The van der Waals surface area contributed by atoms with Crippen molar-refractivity contribution >= 4 is 45.1 Å². The summed E-state index contributed by atoms with van der Waals surface area (Å²) in [5.74, 6) is 2.07. The monoisotopic (exact) mass is 384 g/mol. The number of hydrogen-bond donors (Lipinski definition) is 0. The number of methoxy groups -OCH3 is 1. The highest BCUT2D eigenvalue weighted by atomic mass is 79.9. The molecular formula is C16H14BrClO2S. The van der Waals surface area contributed by atoms with Gasteiger partial charge in [-0.2, -0.15) is 0 Å². The molecule has 0 unspecified atom stereocenters. The van der Waals surface area contributed by atoms with Gasteiger partial charge in [-0.25, -0.2) is 0 Å². The van der Waals surface area contributed by atoms with Gasteiger partial charge in [-0.3, -0.25) is 4.79 Å². The van der Waals surface area contributed by atoms with Crippen LogP contribution in [0.4, 0.5) is 0 Å². The van der Waals surface area contributed by atoms with E-state index in [1.54, 1.807) is 37.1 Å². The molecule has 21 heavy (non-hydrogen) atoms. The molecule has 0 aromatic heterocycles. The summed E-state index contributed by atoms with van der Waals surface area (Å²) >= 11 is 10.8. The number of carbonyl (C=O) groups is 1. The molecular weight excluding hydrogens is 372 g/mol. The van der Waals surface area contributed by atoms with Crippen LogP contribution in [0.15, 0.2) is 46.9 Å². The highest BCUT2D eigenvalue weighted by molar-refractivity contribution is 9.10. The molecule has 0 heterocycles. The van der Waals surface area contributed by atoms with E-state index in [1.807, 2.05) is 24.3 Å². The van der Waals surface area contributed by atoms with Crippen molar-refractivity contribution in [2.75, 3.05) is 12.9 Å². The normalized spacial score (nSPS) is 10.4. The molecule has 0 fully saturated rings. The van der Waals surface area contributed by atoms with Crippen LogP contribution >= 0.6 is 39.3 Å². The second-order valence-corrected chi connectivity index (χ2v) is 6.67. The van der Waals surface area contributed by atoms with Crippen molar-refractivity contribution in [2.24, 2.45) is 0 Å². The molecule has 2 nitrogen and oxygen atoms in total. The first kappa shape index (κ1) is 16.4. The third-order valence-corrected chi connectivity index (χ3v) is 4.76. The fraction of sp³-hybridized carbons (Fsp3) is 0.188. The van der Waals surface area contributed by atoms with Crippen molar-refractivity contribution in [3.8, 4) is 5.75 Å².